The van der Waals surface area contributed by atoms with Gasteiger partial charge in [-0.15, -0.1) is 0 Å². The molecule has 0 aliphatic carbocycles. The molecule has 2 nitrogen and oxygen atoms in total. The number of nitrogens with zero attached hydrogens (tertiary/aromatic N) is 1. The third-order valence-corrected chi connectivity index (χ3v) is 3.54. The van der Waals surface area contributed by atoms with E-state index in [4.69, 9.17) is 5.11 Å². The molecule has 0 aromatic heterocycles. The van der Waals surface area contributed by atoms with Gasteiger partial charge in [-0.1, -0.05) is 23.5 Å². The summed E-state index contributed by atoms with van der Waals surface area (Å²) < 4.78 is 1.14. The Morgan fingerprint density at radius 3 is 3.20 bits per heavy atom. The second kappa shape index (κ2) is 4.26. The van der Waals surface area contributed by atoms with E-state index in [2.05, 4.69) is 11.9 Å². The molecule has 1 heterocycles. The van der Waals surface area contributed by atoms with Crippen LogP contribution < -0.4 is 0 Å². The first-order valence-corrected chi connectivity index (χ1v) is 5.24. The summed E-state index contributed by atoms with van der Waals surface area (Å²) in [6.45, 7) is 2.36. The van der Waals surface area contributed by atoms with Gasteiger partial charge in [-0.25, -0.2) is 0 Å². The van der Waals surface area contributed by atoms with Gasteiger partial charge in [0, 0.05) is 11.5 Å². The van der Waals surface area contributed by atoms with E-state index in [1.54, 1.807) is 23.5 Å². The number of hydrogen-bond acceptors (Lipinski definition) is 4. The van der Waals surface area contributed by atoms with Crippen molar-refractivity contribution in [3.05, 3.63) is 0 Å². The molecule has 0 aromatic rings. The van der Waals surface area contributed by atoms with Crippen molar-refractivity contribution in [2.45, 2.75) is 13.0 Å². The van der Waals surface area contributed by atoms with Crippen LogP contribution in [0.2, 0.25) is 0 Å². The third kappa shape index (κ3) is 2.52. The molecule has 10 heavy (non-hydrogen) atoms. The highest BCUT2D eigenvalue weighted by Crippen LogP contribution is 2.25. The van der Waals surface area contributed by atoms with Crippen LogP contribution in [0.4, 0.5) is 0 Å². The molecule has 1 aliphatic heterocycles. The van der Waals surface area contributed by atoms with Crippen LogP contribution in [0.15, 0.2) is 4.99 Å². The summed E-state index contributed by atoms with van der Waals surface area (Å²) in [6.07, 6.45) is 0. The van der Waals surface area contributed by atoms with Crippen LogP contribution >= 0.6 is 23.5 Å². The van der Waals surface area contributed by atoms with Crippen LogP contribution in [0, 0.1) is 0 Å². The molecule has 1 atom stereocenters. The Kier molecular flexibility index (Phi) is 3.59. The van der Waals surface area contributed by atoms with Crippen molar-refractivity contribution in [3.63, 3.8) is 0 Å². The van der Waals surface area contributed by atoms with E-state index in [0.717, 1.165) is 15.9 Å². The summed E-state index contributed by atoms with van der Waals surface area (Å²) in [5.41, 5.74) is 0. The highest BCUT2D eigenvalue weighted by molar-refractivity contribution is 8.39. The summed E-state index contributed by atoms with van der Waals surface area (Å²) in [6, 6.07) is 0.478. The highest BCUT2D eigenvalue weighted by atomic mass is 32.2. The molecule has 0 fully saturated rings. The van der Waals surface area contributed by atoms with Gasteiger partial charge in [0.05, 0.1) is 12.6 Å². The Balaban J connectivity index is 2.22. The van der Waals surface area contributed by atoms with Crippen molar-refractivity contribution in [3.8, 4) is 0 Å². The van der Waals surface area contributed by atoms with E-state index in [1.165, 1.54) is 0 Å². The number of rotatable bonds is 2. The van der Waals surface area contributed by atoms with Gasteiger partial charge in [-0.3, -0.25) is 4.99 Å². The maximum absolute atomic E-state index is 8.51. The molecular weight excluding hydrogens is 166 g/mol. The van der Waals surface area contributed by atoms with Gasteiger partial charge in [0.1, 0.15) is 4.38 Å². The maximum Gasteiger partial charge on any atom is 0.125 e. The van der Waals surface area contributed by atoms with Crippen molar-refractivity contribution in [1.29, 1.82) is 0 Å². The Bertz CT molecular complexity index is 138. The molecule has 1 aliphatic rings. The summed E-state index contributed by atoms with van der Waals surface area (Å²) in [4.78, 5) is 4.36. The fourth-order valence-corrected chi connectivity index (χ4v) is 2.68. The van der Waals surface area contributed by atoms with Crippen LogP contribution in [-0.4, -0.2) is 33.6 Å². The summed E-state index contributed by atoms with van der Waals surface area (Å²) in [5.74, 6) is 1.88. The second-order valence-corrected chi connectivity index (χ2v) is 4.48. The van der Waals surface area contributed by atoms with E-state index in [0.29, 0.717) is 6.04 Å². The smallest absolute Gasteiger partial charge is 0.125 e. The standard InChI is InChI=1S/C6H11NOS2/c1-5-4-10-6(7-5)9-3-2-8/h5,8H,2-4H2,1H3. The van der Waals surface area contributed by atoms with Gasteiger partial charge in [-0.2, -0.15) is 0 Å². The lowest BCUT2D eigenvalue weighted by atomic mass is 10.4. The first-order valence-electron chi connectivity index (χ1n) is 3.27. The lowest BCUT2D eigenvalue weighted by Gasteiger charge is -1.93. The van der Waals surface area contributed by atoms with Crippen LogP contribution in [-0.2, 0) is 0 Å². The molecule has 0 saturated heterocycles. The highest BCUT2D eigenvalue weighted by Gasteiger charge is 2.13. The van der Waals surface area contributed by atoms with Crippen molar-refractivity contribution < 1.29 is 5.11 Å². The normalized spacial score (nSPS) is 25.0. The molecule has 0 bridgehead atoms. The minimum Gasteiger partial charge on any atom is -0.396 e. The van der Waals surface area contributed by atoms with Crippen LogP contribution in [0.3, 0.4) is 0 Å². The van der Waals surface area contributed by atoms with Gasteiger partial charge in [0.15, 0.2) is 0 Å². The van der Waals surface area contributed by atoms with Gasteiger partial charge in [0.25, 0.3) is 0 Å². The van der Waals surface area contributed by atoms with Gasteiger partial charge in [-0.05, 0) is 6.92 Å². The average molecular weight is 177 g/mol. The van der Waals surface area contributed by atoms with Crippen LogP contribution in [0.25, 0.3) is 0 Å². The summed E-state index contributed by atoms with van der Waals surface area (Å²) >= 11 is 3.44. The molecular formula is C6H11NOS2. The zero-order valence-corrected chi connectivity index (χ0v) is 7.54. The quantitative estimate of drug-likeness (QED) is 0.688. The number of hydrogen-bond donors (Lipinski definition) is 1. The Morgan fingerprint density at radius 2 is 2.70 bits per heavy atom. The molecule has 1 N–H and O–H groups in total. The van der Waals surface area contributed by atoms with E-state index in [1.807, 2.05) is 0 Å². The SMILES string of the molecule is CC1CSC(SCCO)=N1. The summed E-state index contributed by atoms with van der Waals surface area (Å²) in [5, 5.41) is 8.51. The van der Waals surface area contributed by atoms with Crippen molar-refractivity contribution >= 4 is 27.9 Å². The van der Waals surface area contributed by atoms with Gasteiger partial charge < -0.3 is 5.11 Å². The molecule has 1 unspecified atom stereocenters. The molecule has 0 radical (unpaired) electrons. The minimum atomic E-state index is 0.249. The molecule has 0 spiro atoms. The number of aliphatic hydroxyl groups is 1. The monoisotopic (exact) mass is 177 g/mol. The second-order valence-electron chi connectivity index (χ2n) is 2.13. The van der Waals surface area contributed by atoms with Crippen molar-refractivity contribution in [1.82, 2.24) is 0 Å². The third-order valence-electron chi connectivity index (χ3n) is 1.09. The molecule has 0 saturated carbocycles. The zero-order chi connectivity index (χ0) is 7.40. The van der Waals surface area contributed by atoms with Crippen molar-refractivity contribution in [2.75, 3.05) is 18.1 Å². The number of thioether (sulfide) groups is 2. The van der Waals surface area contributed by atoms with Crippen molar-refractivity contribution in [2.24, 2.45) is 4.99 Å². The van der Waals surface area contributed by atoms with E-state index < -0.39 is 0 Å². The van der Waals surface area contributed by atoms with Gasteiger partial charge >= 0.3 is 0 Å². The average Bonchev–Trinajstić information content (AvgIpc) is 2.31. The largest absolute Gasteiger partial charge is 0.396 e. The fourth-order valence-electron chi connectivity index (χ4n) is 0.658. The molecule has 0 amide bonds. The topological polar surface area (TPSA) is 32.6 Å². The first kappa shape index (κ1) is 8.43. The van der Waals surface area contributed by atoms with E-state index in [9.17, 15) is 0 Å². The van der Waals surface area contributed by atoms with Gasteiger partial charge in [0.2, 0.25) is 0 Å². The summed E-state index contributed by atoms with van der Waals surface area (Å²) in [7, 11) is 0. The fraction of sp³-hybridized carbons (Fsp3) is 0.833. The van der Waals surface area contributed by atoms with Crippen LogP contribution in [0.1, 0.15) is 6.92 Å². The Labute approximate surface area is 69.5 Å². The lowest BCUT2D eigenvalue weighted by molar-refractivity contribution is 0.323. The Morgan fingerprint density at radius 1 is 1.90 bits per heavy atom. The Hall–Kier alpha value is 0.330. The molecule has 0 aromatic carbocycles. The molecule has 4 heteroatoms. The van der Waals surface area contributed by atoms with E-state index in [-0.39, 0.29) is 6.61 Å². The zero-order valence-electron chi connectivity index (χ0n) is 5.91. The number of aliphatic hydroxyl groups excluding tert-OH is 1. The predicted molar refractivity (Wildman–Crippen MR) is 48.9 cm³/mol. The maximum atomic E-state index is 8.51. The molecule has 58 valence electrons. The number of aliphatic imine (C=N–C) groups is 1. The molecule has 1 rings (SSSR count). The first-order chi connectivity index (χ1) is 4.83. The lowest BCUT2D eigenvalue weighted by Crippen LogP contribution is -1.92. The van der Waals surface area contributed by atoms with Crippen LogP contribution in [0.5, 0.6) is 0 Å². The van der Waals surface area contributed by atoms with E-state index >= 15 is 0 Å². The predicted octanol–water partition coefficient (Wildman–Crippen LogP) is 1.20. The minimum absolute atomic E-state index is 0.249.